The molecule has 0 saturated carbocycles. The van der Waals surface area contributed by atoms with E-state index < -0.39 is 0 Å². The van der Waals surface area contributed by atoms with Gasteiger partial charge in [-0.05, 0) is 54.2 Å². The van der Waals surface area contributed by atoms with Crippen LogP contribution in [0.3, 0.4) is 0 Å². The van der Waals surface area contributed by atoms with Gasteiger partial charge in [-0.3, -0.25) is 9.55 Å². The summed E-state index contributed by atoms with van der Waals surface area (Å²) in [6.45, 7) is 0. The van der Waals surface area contributed by atoms with Crippen LogP contribution < -0.4 is 0 Å². The molecule has 0 unspecified atom stereocenters. The van der Waals surface area contributed by atoms with E-state index in [1.807, 2.05) is 48.7 Å². The molecule has 0 radical (unpaired) electrons. The number of imidazole rings is 1. The standard InChI is InChI=1S/C17H11BrN4S/c18-12-4-1-5-13(10-12)22-16-15(7-3-9-20-16)21-17(22)23-14-6-2-8-19-11-14/h1-11H. The van der Waals surface area contributed by atoms with Crippen molar-refractivity contribution in [2.24, 2.45) is 0 Å². The SMILES string of the molecule is Brc1cccc(-n2c(Sc3cccnc3)nc3cccnc32)c1. The monoisotopic (exact) mass is 382 g/mol. The van der Waals surface area contributed by atoms with Crippen LogP contribution in [-0.4, -0.2) is 19.5 Å². The van der Waals surface area contributed by atoms with E-state index in [-0.39, 0.29) is 0 Å². The molecule has 0 spiro atoms. The summed E-state index contributed by atoms with van der Waals surface area (Å²) >= 11 is 5.11. The number of hydrogen-bond acceptors (Lipinski definition) is 4. The normalized spacial score (nSPS) is 11.0. The fourth-order valence-electron chi connectivity index (χ4n) is 2.32. The van der Waals surface area contributed by atoms with E-state index in [2.05, 4.69) is 36.5 Å². The number of fused-ring (bicyclic) bond motifs is 1. The summed E-state index contributed by atoms with van der Waals surface area (Å²) in [7, 11) is 0. The Hall–Kier alpha value is -2.18. The van der Waals surface area contributed by atoms with Crippen molar-refractivity contribution in [2.75, 3.05) is 0 Å². The second-order valence-corrected chi connectivity index (χ2v) is 6.80. The summed E-state index contributed by atoms with van der Waals surface area (Å²) in [6.07, 6.45) is 5.39. The van der Waals surface area contributed by atoms with Gasteiger partial charge in [0.15, 0.2) is 10.8 Å². The highest BCUT2D eigenvalue weighted by atomic mass is 79.9. The van der Waals surface area contributed by atoms with E-state index in [9.17, 15) is 0 Å². The van der Waals surface area contributed by atoms with Crippen molar-refractivity contribution in [3.8, 4) is 5.69 Å². The van der Waals surface area contributed by atoms with Crippen molar-refractivity contribution in [3.63, 3.8) is 0 Å². The fourth-order valence-corrected chi connectivity index (χ4v) is 3.61. The molecule has 0 N–H and O–H groups in total. The number of pyridine rings is 2. The van der Waals surface area contributed by atoms with Gasteiger partial charge in [0.05, 0.1) is 5.69 Å². The second kappa shape index (κ2) is 6.14. The lowest BCUT2D eigenvalue weighted by molar-refractivity contribution is 0.908. The van der Waals surface area contributed by atoms with E-state index in [0.29, 0.717) is 0 Å². The zero-order valence-corrected chi connectivity index (χ0v) is 14.3. The molecular formula is C17H11BrN4S. The first-order valence-corrected chi connectivity index (χ1v) is 8.59. The first kappa shape index (κ1) is 14.4. The molecule has 0 saturated heterocycles. The van der Waals surface area contributed by atoms with Gasteiger partial charge < -0.3 is 0 Å². The van der Waals surface area contributed by atoms with Gasteiger partial charge in [-0.15, -0.1) is 0 Å². The first-order valence-electron chi connectivity index (χ1n) is 6.98. The average molecular weight is 383 g/mol. The molecule has 4 aromatic rings. The van der Waals surface area contributed by atoms with Gasteiger partial charge in [-0.2, -0.15) is 0 Å². The number of rotatable bonds is 3. The Labute approximate surface area is 145 Å². The molecule has 6 heteroatoms. The van der Waals surface area contributed by atoms with E-state index >= 15 is 0 Å². The Balaban J connectivity index is 1.91. The van der Waals surface area contributed by atoms with Crippen molar-refractivity contribution in [1.29, 1.82) is 0 Å². The van der Waals surface area contributed by atoms with E-state index in [4.69, 9.17) is 4.98 Å². The van der Waals surface area contributed by atoms with Gasteiger partial charge in [0.1, 0.15) is 5.52 Å². The molecular weight excluding hydrogens is 372 g/mol. The number of benzene rings is 1. The van der Waals surface area contributed by atoms with Crippen LogP contribution in [0.4, 0.5) is 0 Å². The van der Waals surface area contributed by atoms with E-state index in [1.54, 1.807) is 24.2 Å². The van der Waals surface area contributed by atoms with Crippen LogP contribution >= 0.6 is 27.7 Å². The van der Waals surface area contributed by atoms with Crippen LogP contribution in [0.15, 0.2) is 81.6 Å². The van der Waals surface area contributed by atoms with E-state index in [1.165, 1.54) is 0 Å². The summed E-state index contributed by atoms with van der Waals surface area (Å²) in [6, 6.07) is 15.9. The third-order valence-corrected chi connectivity index (χ3v) is 4.72. The summed E-state index contributed by atoms with van der Waals surface area (Å²) in [5.74, 6) is 0. The summed E-state index contributed by atoms with van der Waals surface area (Å²) in [5, 5.41) is 0.866. The molecule has 3 heterocycles. The maximum absolute atomic E-state index is 4.73. The van der Waals surface area contributed by atoms with Gasteiger partial charge >= 0.3 is 0 Å². The number of hydrogen-bond donors (Lipinski definition) is 0. The summed E-state index contributed by atoms with van der Waals surface area (Å²) in [4.78, 5) is 14.5. The molecule has 0 bridgehead atoms. The predicted molar refractivity (Wildman–Crippen MR) is 94.9 cm³/mol. The van der Waals surface area contributed by atoms with Crippen molar-refractivity contribution >= 4 is 38.9 Å². The minimum Gasteiger partial charge on any atom is -0.271 e. The van der Waals surface area contributed by atoms with Crippen LogP contribution in [0, 0.1) is 0 Å². The largest absolute Gasteiger partial charge is 0.271 e. The minimum atomic E-state index is 0.844. The maximum atomic E-state index is 4.73. The highest BCUT2D eigenvalue weighted by Crippen LogP contribution is 2.32. The zero-order valence-electron chi connectivity index (χ0n) is 11.9. The molecule has 3 aromatic heterocycles. The first-order chi connectivity index (χ1) is 11.3. The molecule has 0 aliphatic carbocycles. The van der Waals surface area contributed by atoms with Gasteiger partial charge in [0.2, 0.25) is 0 Å². The van der Waals surface area contributed by atoms with Crippen LogP contribution in [0.5, 0.6) is 0 Å². The number of halogens is 1. The molecule has 112 valence electrons. The molecule has 1 aromatic carbocycles. The molecule has 23 heavy (non-hydrogen) atoms. The molecule has 0 amide bonds. The van der Waals surface area contributed by atoms with E-state index in [0.717, 1.165) is 31.4 Å². The average Bonchev–Trinajstić information content (AvgIpc) is 2.93. The second-order valence-electron chi connectivity index (χ2n) is 4.85. The Morgan fingerprint density at radius 2 is 1.91 bits per heavy atom. The van der Waals surface area contributed by atoms with Crippen molar-refractivity contribution < 1.29 is 0 Å². The zero-order chi connectivity index (χ0) is 15.6. The third-order valence-electron chi connectivity index (χ3n) is 3.30. The highest BCUT2D eigenvalue weighted by Gasteiger charge is 2.14. The van der Waals surface area contributed by atoms with Crippen LogP contribution in [-0.2, 0) is 0 Å². The van der Waals surface area contributed by atoms with Crippen LogP contribution in [0.2, 0.25) is 0 Å². The number of aromatic nitrogens is 4. The molecule has 4 nitrogen and oxygen atoms in total. The molecule has 0 aliphatic heterocycles. The lowest BCUT2D eigenvalue weighted by Crippen LogP contribution is -1.97. The third kappa shape index (κ3) is 2.87. The lowest BCUT2D eigenvalue weighted by Gasteiger charge is -2.08. The smallest absolute Gasteiger partial charge is 0.179 e. The van der Waals surface area contributed by atoms with Gasteiger partial charge in [0.25, 0.3) is 0 Å². The highest BCUT2D eigenvalue weighted by molar-refractivity contribution is 9.10. The topological polar surface area (TPSA) is 43.6 Å². The minimum absolute atomic E-state index is 0.844. The lowest BCUT2D eigenvalue weighted by atomic mass is 10.3. The molecule has 0 fully saturated rings. The Morgan fingerprint density at radius 1 is 1.00 bits per heavy atom. The summed E-state index contributed by atoms with van der Waals surface area (Å²) in [5.41, 5.74) is 2.74. The molecule has 4 rings (SSSR count). The van der Waals surface area contributed by atoms with Gasteiger partial charge in [0, 0.05) is 28.0 Å². The Kier molecular flexibility index (Phi) is 3.85. The Bertz CT molecular complexity index is 969. The quantitative estimate of drug-likeness (QED) is 0.513. The molecule has 0 aliphatic rings. The van der Waals surface area contributed by atoms with Crippen molar-refractivity contribution in [1.82, 2.24) is 19.5 Å². The van der Waals surface area contributed by atoms with Crippen molar-refractivity contribution in [3.05, 3.63) is 71.6 Å². The fraction of sp³-hybridized carbons (Fsp3) is 0. The summed E-state index contributed by atoms with van der Waals surface area (Å²) < 4.78 is 3.09. The predicted octanol–water partition coefficient (Wildman–Crippen LogP) is 4.73. The van der Waals surface area contributed by atoms with Crippen LogP contribution in [0.25, 0.3) is 16.9 Å². The maximum Gasteiger partial charge on any atom is 0.179 e. The molecule has 0 atom stereocenters. The number of nitrogens with zero attached hydrogens (tertiary/aromatic N) is 4. The van der Waals surface area contributed by atoms with Gasteiger partial charge in [-0.25, -0.2) is 9.97 Å². The van der Waals surface area contributed by atoms with Crippen LogP contribution in [0.1, 0.15) is 0 Å². The van der Waals surface area contributed by atoms with Gasteiger partial charge in [-0.1, -0.05) is 22.0 Å². The Morgan fingerprint density at radius 3 is 2.74 bits per heavy atom. The van der Waals surface area contributed by atoms with Crippen molar-refractivity contribution in [2.45, 2.75) is 10.1 Å².